The number of aryl methyl sites for hydroxylation is 1. The maximum Gasteiger partial charge on any atom is 0.332 e. The van der Waals surface area contributed by atoms with E-state index in [1.54, 1.807) is 29.8 Å². The fourth-order valence-corrected chi connectivity index (χ4v) is 3.99. The molecule has 30 heavy (non-hydrogen) atoms. The van der Waals surface area contributed by atoms with Crippen molar-refractivity contribution in [1.29, 1.82) is 0 Å². The Kier molecular flexibility index (Phi) is 4.92. The molecule has 1 amide bonds. The maximum atomic E-state index is 14.4. The first kappa shape index (κ1) is 19.9. The molecule has 0 spiro atoms. The number of hydrogen-bond donors (Lipinski definition) is 1. The summed E-state index contributed by atoms with van der Waals surface area (Å²) < 4.78 is 18.4. The van der Waals surface area contributed by atoms with Crippen molar-refractivity contribution < 1.29 is 9.18 Å². The lowest BCUT2D eigenvalue weighted by atomic mass is 9.96. The van der Waals surface area contributed by atoms with Gasteiger partial charge in [-0.1, -0.05) is 18.2 Å². The Morgan fingerprint density at radius 3 is 2.47 bits per heavy atom. The smallest absolute Gasteiger partial charge is 0.332 e. The summed E-state index contributed by atoms with van der Waals surface area (Å²) in [7, 11) is 2.95. The highest BCUT2D eigenvalue weighted by molar-refractivity contribution is 5.77. The highest BCUT2D eigenvalue weighted by atomic mass is 19.1. The molecule has 158 valence electrons. The van der Waals surface area contributed by atoms with Gasteiger partial charge in [0.1, 0.15) is 5.82 Å². The minimum Gasteiger partial charge on any atom is -0.369 e. The maximum absolute atomic E-state index is 14.4. The average molecular weight is 414 g/mol. The van der Waals surface area contributed by atoms with Crippen molar-refractivity contribution in [3.63, 3.8) is 0 Å². The number of nitrogens with two attached hydrogens (primary N) is 1. The molecule has 0 unspecified atom stereocenters. The van der Waals surface area contributed by atoms with E-state index in [-0.39, 0.29) is 35.4 Å². The summed E-state index contributed by atoms with van der Waals surface area (Å²) in [5.74, 6) is -0.456. The van der Waals surface area contributed by atoms with Crippen molar-refractivity contribution in [1.82, 2.24) is 18.7 Å². The summed E-state index contributed by atoms with van der Waals surface area (Å²) in [6, 6.07) is 6.34. The van der Waals surface area contributed by atoms with Crippen LogP contribution in [0.3, 0.4) is 0 Å². The van der Waals surface area contributed by atoms with Crippen LogP contribution in [0.15, 0.2) is 33.9 Å². The van der Waals surface area contributed by atoms with Crippen LogP contribution in [0.4, 0.5) is 10.3 Å². The lowest BCUT2D eigenvalue weighted by Crippen LogP contribution is -2.40. The van der Waals surface area contributed by atoms with Crippen molar-refractivity contribution in [2.75, 3.05) is 18.0 Å². The van der Waals surface area contributed by atoms with Gasteiger partial charge in [0, 0.05) is 38.7 Å². The van der Waals surface area contributed by atoms with Gasteiger partial charge in [-0.3, -0.25) is 23.3 Å². The first-order chi connectivity index (χ1) is 14.3. The third kappa shape index (κ3) is 3.17. The summed E-state index contributed by atoms with van der Waals surface area (Å²) in [6.45, 7) is 1.12. The Bertz CT molecular complexity index is 1250. The molecular weight excluding hydrogens is 391 g/mol. The molecule has 3 aromatic rings. The van der Waals surface area contributed by atoms with Gasteiger partial charge in [0.05, 0.1) is 6.54 Å². The SMILES string of the molecule is Cn1c(=O)c2c(nc(N3CCC(C(N)=O)CC3)n2Cc2ccccc2F)n(C)c1=O. The zero-order valence-electron chi connectivity index (χ0n) is 16.8. The van der Waals surface area contributed by atoms with E-state index < -0.39 is 11.2 Å². The van der Waals surface area contributed by atoms with Gasteiger partial charge < -0.3 is 10.6 Å². The molecule has 0 atom stereocenters. The summed E-state index contributed by atoms with van der Waals surface area (Å²) >= 11 is 0. The van der Waals surface area contributed by atoms with Gasteiger partial charge in [-0.15, -0.1) is 0 Å². The topological polar surface area (TPSA) is 108 Å². The van der Waals surface area contributed by atoms with Crippen LogP contribution in [0.1, 0.15) is 18.4 Å². The fraction of sp³-hybridized carbons (Fsp3) is 0.400. The number of imidazole rings is 1. The standard InChI is InChI=1S/C20H23FN6O3/c1-24-17-15(18(29)25(2)20(24)30)27(11-13-5-3-4-6-14(13)21)19(23-17)26-9-7-12(8-10-26)16(22)28/h3-6,12H,7-11H2,1-2H3,(H2,22,28). The average Bonchev–Trinajstić information content (AvgIpc) is 3.11. The molecule has 0 aliphatic carbocycles. The summed E-state index contributed by atoms with van der Waals surface area (Å²) in [5, 5.41) is 0. The molecule has 0 radical (unpaired) electrons. The molecule has 1 fully saturated rings. The predicted molar refractivity (Wildman–Crippen MR) is 110 cm³/mol. The first-order valence-corrected chi connectivity index (χ1v) is 9.73. The number of rotatable bonds is 4. The molecule has 4 rings (SSSR count). The lowest BCUT2D eigenvalue weighted by Gasteiger charge is -2.31. The van der Waals surface area contributed by atoms with Gasteiger partial charge in [-0.2, -0.15) is 4.98 Å². The number of halogens is 1. The monoisotopic (exact) mass is 414 g/mol. The Hall–Kier alpha value is -3.43. The molecular formula is C20H23FN6O3. The number of benzene rings is 1. The molecule has 1 saturated heterocycles. The number of carbonyl (C=O) groups is 1. The van der Waals surface area contributed by atoms with E-state index >= 15 is 0 Å². The van der Waals surface area contributed by atoms with E-state index in [0.717, 1.165) is 4.57 Å². The van der Waals surface area contributed by atoms with Crippen LogP contribution in [-0.2, 0) is 25.4 Å². The molecule has 1 aliphatic heterocycles. The second-order valence-electron chi connectivity index (χ2n) is 7.63. The number of piperidine rings is 1. The van der Waals surface area contributed by atoms with Crippen LogP contribution in [0.2, 0.25) is 0 Å². The fourth-order valence-electron chi connectivity index (χ4n) is 3.99. The van der Waals surface area contributed by atoms with Crippen LogP contribution in [-0.4, -0.2) is 37.7 Å². The number of anilines is 1. The molecule has 2 N–H and O–H groups in total. The molecule has 10 heteroatoms. The van der Waals surface area contributed by atoms with Crippen LogP contribution in [0.25, 0.3) is 11.2 Å². The van der Waals surface area contributed by atoms with E-state index in [1.807, 2.05) is 4.90 Å². The second-order valence-corrected chi connectivity index (χ2v) is 7.63. The van der Waals surface area contributed by atoms with E-state index in [4.69, 9.17) is 5.73 Å². The normalized spacial score (nSPS) is 15.1. The van der Waals surface area contributed by atoms with Crippen molar-refractivity contribution in [2.24, 2.45) is 25.7 Å². The molecule has 3 heterocycles. The Balaban J connectivity index is 1.89. The van der Waals surface area contributed by atoms with Crippen molar-refractivity contribution in [2.45, 2.75) is 19.4 Å². The van der Waals surface area contributed by atoms with E-state index in [2.05, 4.69) is 4.98 Å². The molecule has 1 aliphatic rings. The number of fused-ring (bicyclic) bond motifs is 1. The number of aromatic nitrogens is 4. The van der Waals surface area contributed by atoms with Crippen LogP contribution < -0.4 is 21.9 Å². The molecule has 2 aromatic heterocycles. The molecule has 0 saturated carbocycles. The first-order valence-electron chi connectivity index (χ1n) is 9.73. The summed E-state index contributed by atoms with van der Waals surface area (Å²) in [5.41, 5.74) is 5.33. The highest BCUT2D eigenvalue weighted by Gasteiger charge is 2.28. The minimum absolute atomic E-state index is 0.0850. The molecule has 0 bridgehead atoms. The third-order valence-corrected chi connectivity index (χ3v) is 5.79. The van der Waals surface area contributed by atoms with Crippen molar-refractivity contribution in [3.05, 3.63) is 56.5 Å². The van der Waals surface area contributed by atoms with Crippen LogP contribution >= 0.6 is 0 Å². The zero-order valence-corrected chi connectivity index (χ0v) is 16.8. The van der Waals surface area contributed by atoms with Gasteiger partial charge in [0.15, 0.2) is 11.2 Å². The van der Waals surface area contributed by atoms with Gasteiger partial charge in [0.2, 0.25) is 11.9 Å². The van der Waals surface area contributed by atoms with Gasteiger partial charge in [0.25, 0.3) is 5.56 Å². The summed E-state index contributed by atoms with van der Waals surface area (Å²) in [6.07, 6.45) is 1.13. The largest absolute Gasteiger partial charge is 0.369 e. The van der Waals surface area contributed by atoms with Crippen molar-refractivity contribution >= 4 is 23.0 Å². The minimum atomic E-state index is -0.491. The number of hydrogen-bond acceptors (Lipinski definition) is 5. The van der Waals surface area contributed by atoms with Gasteiger partial charge in [-0.25, -0.2) is 9.18 Å². The highest BCUT2D eigenvalue weighted by Crippen LogP contribution is 2.26. The third-order valence-electron chi connectivity index (χ3n) is 5.79. The number of primary amides is 1. The zero-order chi connectivity index (χ0) is 21.6. The molecule has 9 nitrogen and oxygen atoms in total. The van der Waals surface area contributed by atoms with Crippen LogP contribution in [0, 0.1) is 11.7 Å². The van der Waals surface area contributed by atoms with E-state index in [0.29, 0.717) is 37.4 Å². The predicted octanol–water partition coefficient (Wildman–Crippen LogP) is 0.323. The number of carbonyl (C=O) groups excluding carboxylic acids is 1. The number of nitrogens with zero attached hydrogens (tertiary/aromatic N) is 5. The number of amides is 1. The van der Waals surface area contributed by atoms with Crippen molar-refractivity contribution in [3.8, 4) is 0 Å². The molecule has 1 aromatic carbocycles. The Morgan fingerprint density at radius 2 is 1.83 bits per heavy atom. The van der Waals surface area contributed by atoms with Gasteiger partial charge >= 0.3 is 5.69 Å². The second kappa shape index (κ2) is 7.43. The van der Waals surface area contributed by atoms with Gasteiger partial charge in [-0.05, 0) is 18.9 Å². The Morgan fingerprint density at radius 1 is 1.17 bits per heavy atom. The Labute approximate surface area is 171 Å². The van der Waals surface area contributed by atoms with Crippen LogP contribution in [0.5, 0.6) is 0 Å². The van der Waals surface area contributed by atoms with E-state index in [1.165, 1.54) is 17.7 Å². The lowest BCUT2D eigenvalue weighted by molar-refractivity contribution is -0.122. The quantitative estimate of drug-likeness (QED) is 0.662. The summed E-state index contributed by atoms with van der Waals surface area (Å²) in [4.78, 5) is 43.4. The van der Waals surface area contributed by atoms with E-state index in [9.17, 15) is 18.8 Å².